The second-order valence-corrected chi connectivity index (χ2v) is 3.81. The van der Waals surface area contributed by atoms with Crippen LogP contribution in [0.5, 0.6) is 5.75 Å². The maximum absolute atomic E-state index is 9.20. The summed E-state index contributed by atoms with van der Waals surface area (Å²) in [6, 6.07) is 0. The number of halogens is 5. The quantitative estimate of drug-likeness (QED) is 0.439. The molecule has 0 atom stereocenters. The van der Waals surface area contributed by atoms with Crippen LogP contribution in [-0.4, -0.2) is 5.11 Å². The molecule has 0 bridgehead atoms. The van der Waals surface area contributed by atoms with E-state index in [1.54, 1.807) is 0 Å². The Labute approximate surface area is 143 Å². The molecule has 0 aromatic heterocycles. The van der Waals surface area contributed by atoms with Gasteiger partial charge in [-0.05, 0) is 0 Å². The van der Waals surface area contributed by atoms with Crippen LogP contribution in [0.2, 0.25) is 25.1 Å². The van der Waals surface area contributed by atoms with Crippen molar-refractivity contribution in [2.24, 2.45) is 0 Å². The van der Waals surface area contributed by atoms with Crippen molar-refractivity contribution in [1.82, 2.24) is 0 Å². The third-order valence-corrected chi connectivity index (χ3v) is 3.44. The minimum absolute atomic E-state index is 0. The SMILES string of the molecule is Oc1c(Cl)c(Cl)c(Cl)c(Cl)c1Cl.[K+]. The van der Waals surface area contributed by atoms with E-state index >= 15 is 0 Å². The fourth-order valence-corrected chi connectivity index (χ4v) is 1.72. The summed E-state index contributed by atoms with van der Waals surface area (Å²) in [7, 11) is 0. The van der Waals surface area contributed by atoms with Gasteiger partial charge in [0.2, 0.25) is 0 Å². The zero-order valence-electron chi connectivity index (χ0n) is 6.34. The van der Waals surface area contributed by atoms with E-state index in [2.05, 4.69) is 0 Å². The Morgan fingerprint density at radius 3 is 1.15 bits per heavy atom. The Kier molecular flexibility index (Phi) is 6.97. The average Bonchev–Trinajstić information content (AvgIpc) is 2.08. The molecular formula is C6HCl5KO+. The fourth-order valence-electron chi connectivity index (χ4n) is 0.593. The molecule has 1 rings (SSSR count). The molecule has 7 heteroatoms. The van der Waals surface area contributed by atoms with Crippen LogP contribution in [0.3, 0.4) is 0 Å². The molecule has 1 nitrogen and oxygen atoms in total. The zero-order chi connectivity index (χ0) is 9.46. The Morgan fingerprint density at radius 2 is 0.846 bits per heavy atom. The van der Waals surface area contributed by atoms with E-state index in [-0.39, 0.29) is 82.2 Å². The molecule has 0 spiro atoms. The summed E-state index contributed by atoms with van der Waals surface area (Å²) in [4.78, 5) is 0. The number of hydrogen-bond donors (Lipinski definition) is 1. The topological polar surface area (TPSA) is 20.2 Å². The van der Waals surface area contributed by atoms with Crippen molar-refractivity contribution in [2.45, 2.75) is 0 Å². The van der Waals surface area contributed by atoms with Crippen LogP contribution in [0, 0.1) is 0 Å². The van der Waals surface area contributed by atoms with E-state index in [4.69, 9.17) is 58.0 Å². The summed E-state index contributed by atoms with van der Waals surface area (Å²) >= 11 is 27.9. The Hall–Kier alpha value is 2.11. The third-order valence-electron chi connectivity index (χ3n) is 1.19. The number of aromatic hydroxyl groups is 1. The summed E-state index contributed by atoms with van der Waals surface area (Å²) in [5.41, 5.74) is 0. The molecule has 0 radical (unpaired) electrons. The molecule has 0 saturated heterocycles. The molecule has 0 fully saturated rings. The molecule has 0 unspecified atom stereocenters. The molecule has 0 amide bonds. The van der Waals surface area contributed by atoms with Gasteiger partial charge in [-0.1, -0.05) is 58.0 Å². The summed E-state index contributed by atoms with van der Waals surface area (Å²) in [5, 5.41) is 9.01. The minimum atomic E-state index is -0.363. The van der Waals surface area contributed by atoms with E-state index in [1.807, 2.05) is 0 Å². The van der Waals surface area contributed by atoms with Crippen molar-refractivity contribution in [2.75, 3.05) is 0 Å². The van der Waals surface area contributed by atoms with Crippen LogP contribution >= 0.6 is 58.0 Å². The summed E-state index contributed by atoms with van der Waals surface area (Å²) in [6.45, 7) is 0. The summed E-state index contributed by atoms with van der Waals surface area (Å²) in [5.74, 6) is -0.363. The van der Waals surface area contributed by atoms with E-state index in [0.717, 1.165) is 0 Å². The second-order valence-electron chi connectivity index (χ2n) is 1.92. The van der Waals surface area contributed by atoms with Crippen LogP contribution < -0.4 is 51.4 Å². The predicted molar refractivity (Wildman–Crippen MR) is 53.2 cm³/mol. The maximum Gasteiger partial charge on any atom is 1.00 e. The van der Waals surface area contributed by atoms with E-state index in [1.165, 1.54) is 0 Å². The molecule has 0 heterocycles. The van der Waals surface area contributed by atoms with Crippen molar-refractivity contribution in [3.8, 4) is 5.75 Å². The minimum Gasteiger partial charge on any atom is -0.505 e. The Balaban J connectivity index is 0.00000144. The van der Waals surface area contributed by atoms with Gasteiger partial charge in [0.25, 0.3) is 0 Å². The van der Waals surface area contributed by atoms with Gasteiger partial charge >= 0.3 is 51.4 Å². The normalized spacial score (nSPS) is 9.62. The summed E-state index contributed by atoms with van der Waals surface area (Å²) < 4.78 is 0. The molecule has 0 saturated carbocycles. The van der Waals surface area contributed by atoms with E-state index < -0.39 is 0 Å². The van der Waals surface area contributed by atoms with E-state index in [9.17, 15) is 5.11 Å². The van der Waals surface area contributed by atoms with Gasteiger partial charge < -0.3 is 5.11 Å². The van der Waals surface area contributed by atoms with Gasteiger partial charge in [-0.3, -0.25) is 0 Å². The first-order valence-corrected chi connectivity index (χ1v) is 4.56. The Morgan fingerprint density at radius 1 is 0.615 bits per heavy atom. The van der Waals surface area contributed by atoms with Crippen molar-refractivity contribution < 1.29 is 56.5 Å². The maximum atomic E-state index is 9.20. The van der Waals surface area contributed by atoms with Crippen molar-refractivity contribution in [1.29, 1.82) is 0 Å². The largest absolute Gasteiger partial charge is 1.00 e. The van der Waals surface area contributed by atoms with Gasteiger partial charge in [0, 0.05) is 0 Å². The molecular weight excluding hydrogens is 304 g/mol. The van der Waals surface area contributed by atoms with Crippen LogP contribution in [0.25, 0.3) is 0 Å². The second kappa shape index (κ2) is 5.99. The average molecular weight is 305 g/mol. The molecule has 1 N–H and O–H groups in total. The van der Waals surface area contributed by atoms with E-state index in [0.29, 0.717) is 0 Å². The molecule has 0 aliphatic carbocycles. The Bertz CT molecular complexity index is 235. The number of hydrogen-bond acceptors (Lipinski definition) is 1. The number of rotatable bonds is 0. The molecule has 0 aliphatic rings. The number of phenols is 1. The van der Waals surface area contributed by atoms with Crippen molar-refractivity contribution in [3.63, 3.8) is 0 Å². The first-order valence-electron chi connectivity index (χ1n) is 2.67. The molecule has 0 aliphatic heterocycles. The monoisotopic (exact) mass is 303 g/mol. The van der Waals surface area contributed by atoms with Crippen molar-refractivity contribution in [3.05, 3.63) is 25.1 Å². The molecule has 1 aromatic rings. The zero-order valence-corrected chi connectivity index (χ0v) is 13.2. The molecule has 1 aromatic carbocycles. The van der Waals surface area contributed by atoms with Crippen molar-refractivity contribution >= 4 is 58.0 Å². The van der Waals surface area contributed by atoms with Crippen LogP contribution in [0.1, 0.15) is 0 Å². The fraction of sp³-hybridized carbons (Fsp3) is 0. The number of benzene rings is 1. The summed E-state index contributed by atoms with van der Waals surface area (Å²) in [6.07, 6.45) is 0. The van der Waals surface area contributed by atoms with Crippen LogP contribution in [-0.2, 0) is 0 Å². The van der Waals surface area contributed by atoms with Gasteiger partial charge in [-0.15, -0.1) is 0 Å². The first-order chi connectivity index (χ1) is 5.46. The smallest absolute Gasteiger partial charge is 0.505 e. The van der Waals surface area contributed by atoms with Gasteiger partial charge in [0.1, 0.15) is 10.0 Å². The molecule has 13 heavy (non-hydrogen) atoms. The first kappa shape index (κ1) is 15.1. The molecule has 66 valence electrons. The third kappa shape index (κ3) is 3.03. The van der Waals surface area contributed by atoms with Gasteiger partial charge in [-0.2, -0.15) is 0 Å². The van der Waals surface area contributed by atoms with Gasteiger partial charge in [0.05, 0.1) is 15.1 Å². The standard InChI is InChI=1S/C6HCl5O.K/c7-1-2(8)4(10)6(12)5(11)3(1)9;/h12H;/q;+1. The predicted octanol–water partition coefficient (Wildman–Crippen LogP) is 1.66. The van der Waals surface area contributed by atoms with Crippen LogP contribution in [0.4, 0.5) is 0 Å². The number of phenolic OH excluding ortho intramolecular Hbond substituents is 1. The van der Waals surface area contributed by atoms with Crippen LogP contribution in [0.15, 0.2) is 0 Å². The van der Waals surface area contributed by atoms with Gasteiger partial charge in [0.15, 0.2) is 5.75 Å². The van der Waals surface area contributed by atoms with Gasteiger partial charge in [-0.25, -0.2) is 0 Å².